The van der Waals surface area contributed by atoms with Crippen molar-refractivity contribution in [1.29, 1.82) is 0 Å². The lowest BCUT2D eigenvalue weighted by Gasteiger charge is -2.29. The number of benzene rings is 2. The van der Waals surface area contributed by atoms with E-state index in [0.717, 1.165) is 5.56 Å². The average Bonchev–Trinajstić information content (AvgIpc) is 3.00. The van der Waals surface area contributed by atoms with Gasteiger partial charge in [-0.25, -0.2) is 18.5 Å². The number of cyclic esters (lactones) is 1. The Labute approximate surface area is 180 Å². The molecule has 168 valence electrons. The average molecular weight is 465 g/mol. The third-order valence-corrected chi connectivity index (χ3v) is 4.75. The fourth-order valence-electron chi connectivity index (χ4n) is 3.42. The number of imide groups is 1. The fourth-order valence-corrected chi connectivity index (χ4v) is 3.42. The first-order valence-corrected chi connectivity index (χ1v) is 8.90. The van der Waals surface area contributed by atoms with Gasteiger partial charge in [0.1, 0.15) is 30.2 Å². The minimum atomic E-state index is -5.10. The lowest BCUT2D eigenvalue weighted by molar-refractivity contribution is -0.163. The first-order chi connectivity index (χ1) is 14.1. The summed E-state index contributed by atoms with van der Waals surface area (Å²) in [5.74, 6) is -6.56. The van der Waals surface area contributed by atoms with Gasteiger partial charge in [0.2, 0.25) is 5.91 Å². The normalized spacial score (nSPS) is 18.2. The standard InChI is InChI=1S/C20H17F5N2O3.ClH/c21-13-7-12(8-14(22)9-13)16(20(23,24)25)17(26)18(28)27-15(10-30-19(27)29)6-11-4-2-1-3-5-11;/h1-5,7-9,15-17H,6,10,26H2;1H/t15-,16+,17-;/m0./s1. The summed E-state index contributed by atoms with van der Waals surface area (Å²) < 4.78 is 72.9. The van der Waals surface area contributed by atoms with Crippen molar-refractivity contribution in [3.8, 4) is 0 Å². The zero-order chi connectivity index (χ0) is 22.1. The molecule has 1 aliphatic rings. The molecule has 31 heavy (non-hydrogen) atoms. The van der Waals surface area contributed by atoms with E-state index in [9.17, 15) is 31.5 Å². The van der Waals surface area contributed by atoms with Gasteiger partial charge in [-0.3, -0.25) is 4.79 Å². The molecule has 0 spiro atoms. The Morgan fingerprint density at radius 2 is 1.71 bits per heavy atom. The fraction of sp³-hybridized carbons (Fsp3) is 0.300. The molecule has 2 N–H and O–H groups in total. The number of hydrogen-bond donors (Lipinski definition) is 1. The molecule has 3 rings (SSSR count). The van der Waals surface area contributed by atoms with Crippen molar-refractivity contribution in [2.45, 2.75) is 30.6 Å². The molecule has 1 aliphatic heterocycles. The number of nitrogens with zero attached hydrogens (tertiary/aromatic N) is 1. The zero-order valence-corrected chi connectivity index (χ0v) is 16.6. The minimum Gasteiger partial charge on any atom is -0.447 e. The van der Waals surface area contributed by atoms with E-state index in [4.69, 9.17) is 10.5 Å². The van der Waals surface area contributed by atoms with Crippen LogP contribution in [0.3, 0.4) is 0 Å². The molecular weight excluding hydrogens is 447 g/mol. The van der Waals surface area contributed by atoms with Gasteiger partial charge in [-0.05, 0) is 29.7 Å². The van der Waals surface area contributed by atoms with E-state index in [0.29, 0.717) is 23.1 Å². The van der Waals surface area contributed by atoms with Crippen molar-refractivity contribution < 1.29 is 36.3 Å². The van der Waals surface area contributed by atoms with E-state index >= 15 is 0 Å². The predicted octanol–water partition coefficient (Wildman–Crippen LogP) is 3.95. The summed E-state index contributed by atoms with van der Waals surface area (Å²) in [7, 11) is 0. The van der Waals surface area contributed by atoms with Gasteiger partial charge in [-0.2, -0.15) is 13.2 Å². The van der Waals surface area contributed by atoms with E-state index in [1.807, 2.05) is 0 Å². The minimum absolute atomic E-state index is 0. The number of ether oxygens (including phenoxy) is 1. The lowest BCUT2D eigenvalue weighted by atomic mass is 9.89. The highest BCUT2D eigenvalue weighted by Gasteiger charge is 2.51. The number of amides is 2. The van der Waals surface area contributed by atoms with Gasteiger partial charge in [-0.1, -0.05) is 30.3 Å². The zero-order valence-electron chi connectivity index (χ0n) is 15.8. The molecule has 0 unspecified atom stereocenters. The lowest BCUT2D eigenvalue weighted by Crippen LogP contribution is -2.53. The van der Waals surface area contributed by atoms with Crippen molar-refractivity contribution in [3.05, 3.63) is 71.3 Å². The molecule has 2 aromatic rings. The second kappa shape index (κ2) is 9.61. The highest BCUT2D eigenvalue weighted by Crippen LogP contribution is 2.38. The summed E-state index contributed by atoms with van der Waals surface area (Å²) in [5.41, 5.74) is 5.49. The van der Waals surface area contributed by atoms with E-state index in [-0.39, 0.29) is 25.4 Å². The topological polar surface area (TPSA) is 72.6 Å². The van der Waals surface area contributed by atoms with Crippen LogP contribution in [0.5, 0.6) is 0 Å². The van der Waals surface area contributed by atoms with Crippen LogP contribution in [0, 0.1) is 11.6 Å². The van der Waals surface area contributed by atoms with E-state index in [1.54, 1.807) is 30.3 Å². The smallest absolute Gasteiger partial charge is 0.417 e. The maximum Gasteiger partial charge on any atom is 0.417 e. The van der Waals surface area contributed by atoms with Gasteiger partial charge in [0.25, 0.3) is 0 Å². The van der Waals surface area contributed by atoms with Crippen LogP contribution in [0.1, 0.15) is 17.0 Å². The van der Waals surface area contributed by atoms with Gasteiger partial charge in [0.05, 0.1) is 6.04 Å². The third kappa shape index (κ3) is 5.50. The molecule has 0 bridgehead atoms. The van der Waals surface area contributed by atoms with Crippen LogP contribution in [0.15, 0.2) is 48.5 Å². The van der Waals surface area contributed by atoms with Crippen LogP contribution in [-0.4, -0.2) is 41.8 Å². The molecule has 3 atom stereocenters. The third-order valence-electron chi connectivity index (χ3n) is 4.75. The summed E-state index contributed by atoms with van der Waals surface area (Å²) in [6, 6.07) is 6.79. The molecule has 2 amide bonds. The monoisotopic (exact) mass is 464 g/mol. The van der Waals surface area contributed by atoms with E-state index < -0.39 is 53.4 Å². The van der Waals surface area contributed by atoms with Gasteiger partial charge < -0.3 is 10.5 Å². The number of halogens is 6. The second-order valence-corrected chi connectivity index (χ2v) is 6.88. The van der Waals surface area contributed by atoms with Crippen LogP contribution in [0.2, 0.25) is 0 Å². The predicted molar refractivity (Wildman–Crippen MR) is 103 cm³/mol. The van der Waals surface area contributed by atoms with E-state index in [2.05, 4.69) is 0 Å². The van der Waals surface area contributed by atoms with Crippen LogP contribution < -0.4 is 5.73 Å². The molecule has 0 saturated carbocycles. The second-order valence-electron chi connectivity index (χ2n) is 6.88. The number of hydrogen-bond acceptors (Lipinski definition) is 4. The van der Waals surface area contributed by atoms with Gasteiger partial charge in [-0.15, -0.1) is 12.4 Å². The molecular formula is C20H18ClF5N2O3. The molecule has 1 fully saturated rings. The van der Waals surface area contributed by atoms with Crippen LogP contribution >= 0.6 is 12.4 Å². The maximum absolute atomic E-state index is 13.7. The highest BCUT2D eigenvalue weighted by atomic mass is 35.5. The summed E-state index contributed by atoms with van der Waals surface area (Å²) >= 11 is 0. The Balaban J connectivity index is 0.00000341. The Morgan fingerprint density at radius 1 is 1.13 bits per heavy atom. The molecule has 2 aromatic carbocycles. The van der Waals surface area contributed by atoms with Gasteiger partial charge in [0, 0.05) is 6.07 Å². The number of carbonyl (C=O) groups is 2. The maximum atomic E-state index is 13.7. The Hall–Kier alpha value is -2.72. The van der Waals surface area contributed by atoms with Crippen LogP contribution in [0.4, 0.5) is 26.7 Å². The molecule has 5 nitrogen and oxygen atoms in total. The molecule has 0 radical (unpaired) electrons. The van der Waals surface area contributed by atoms with Crippen molar-refractivity contribution in [2.75, 3.05) is 6.61 Å². The highest BCUT2D eigenvalue weighted by molar-refractivity contribution is 5.97. The van der Waals surface area contributed by atoms with Gasteiger partial charge in [0.15, 0.2) is 0 Å². The quantitative estimate of drug-likeness (QED) is 0.680. The first kappa shape index (κ1) is 24.5. The number of nitrogens with two attached hydrogens (primary N) is 1. The van der Waals surface area contributed by atoms with Crippen LogP contribution in [0.25, 0.3) is 0 Å². The number of carbonyl (C=O) groups excluding carboxylic acids is 2. The molecule has 0 aromatic heterocycles. The molecule has 0 aliphatic carbocycles. The van der Waals surface area contributed by atoms with Gasteiger partial charge >= 0.3 is 12.3 Å². The number of rotatable bonds is 5. The molecule has 1 heterocycles. The van der Waals surface area contributed by atoms with Crippen molar-refractivity contribution in [3.63, 3.8) is 0 Å². The summed E-state index contributed by atoms with van der Waals surface area (Å²) in [6.45, 7) is -0.211. The Kier molecular flexibility index (Phi) is 7.61. The van der Waals surface area contributed by atoms with Crippen molar-refractivity contribution in [1.82, 2.24) is 4.90 Å². The number of alkyl halides is 3. The summed E-state index contributed by atoms with van der Waals surface area (Å²) in [6.07, 6.45) is -6.08. The first-order valence-electron chi connectivity index (χ1n) is 8.90. The molecule has 11 heteroatoms. The van der Waals surface area contributed by atoms with Crippen molar-refractivity contribution in [2.24, 2.45) is 5.73 Å². The molecule has 1 saturated heterocycles. The van der Waals surface area contributed by atoms with Crippen molar-refractivity contribution >= 4 is 24.4 Å². The summed E-state index contributed by atoms with van der Waals surface area (Å²) in [5, 5.41) is 0. The summed E-state index contributed by atoms with van der Waals surface area (Å²) in [4.78, 5) is 25.4. The Bertz CT molecular complexity index is 922. The largest absolute Gasteiger partial charge is 0.447 e. The van der Waals surface area contributed by atoms with E-state index in [1.165, 1.54) is 0 Å². The Morgan fingerprint density at radius 3 is 2.26 bits per heavy atom. The SMILES string of the molecule is Cl.N[C@H](C(=O)N1C(=O)OC[C@@H]1Cc1ccccc1)[C@@H](c1cc(F)cc(F)c1)C(F)(F)F. The van der Waals surface area contributed by atoms with Crippen LogP contribution in [-0.2, 0) is 16.0 Å².